The number of rotatable bonds is 6. The lowest BCUT2D eigenvalue weighted by Crippen LogP contribution is -2.59. The first-order chi connectivity index (χ1) is 18.1. The molecule has 7 nitrogen and oxygen atoms in total. The van der Waals surface area contributed by atoms with E-state index in [1.807, 2.05) is 32.2 Å². The first kappa shape index (κ1) is 26.2. The Bertz CT molecular complexity index is 1210. The number of benzene rings is 1. The number of Topliss-reactive ketones (excluding diaryl/α,β-unsaturated/α-hetero) is 1. The monoisotopic (exact) mass is 523 g/mol. The summed E-state index contributed by atoms with van der Waals surface area (Å²) in [4.78, 5) is 13.9. The molecule has 9 atom stereocenters. The van der Waals surface area contributed by atoms with Crippen molar-refractivity contribution >= 4 is 16.8 Å². The molecular formula is C31H45N3O4. The summed E-state index contributed by atoms with van der Waals surface area (Å²) in [6.07, 6.45) is 8.44. The zero-order chi connectivity index (χ0) is 26.9. The van der Waals surface area contributed by atoms with Crippen LogP contribution in [-0.2, 0) is 16.1 Å². The standard InChI is InChI=1S/C31H45N3O4/c1-29(36)12-13-30(2)20(16-29)14-19(18-37-4)28-23-8-7-22(31(23,3)11-10-24(28)30)27(35)17-34-26-15-21(38-5)6-9-25(26)32-33-34/h6,9,15,19-20,22-24,28,36H,7-8,10-14,16-18H2,1-5H3/t19-,20-,22+,23-,24-,28-,29+,30-,31+/m0/s1. The molecule has 4 fully saturated rings. The van der Waals surface area contributed by atoms with Crippen molar-refractivity contribution < 1.29 is 19.4 Å². The van der Waals surface area contributed by atoms with Crippen LogP contribution < -0.4 is 4.74 Å². The fourth-order valence-electron chi connectivity index (χ4n) is 9.96. The maximum absolute atomic E-state index is 13.9. The van der Waals surface area contributed by atoms with Crippen LogP contribution in [0.3, 0.4) is 0 Å². The Hall–Kier alpha value is -1.99. The number of fused-ring (bicyclic) bond motifs is 6. The molecule has 0 radical (unpaired) electrons. The number of aromatic nitrogens is 3. The summed E-state index contributed by atoms with van der Waals surface area (Å²) >= 11 is 0. The smallest absolute Gasteiger partial charge is 0.157 e. The Balaban J connectivity index is 1.26. The number of methoxy groups -OCH3 is 2. The van der Waals surface area contributed by atoms with Crippen molar-refractivity contribution in [3.8, 4) is 5.75 Å². The number of ketones is 1. The number of aliphatic hydroxyl groups is 1. The highest BCUT2D eigenvalue weighted by molar-refractivity contribution is 5.84. The summed E-state index contributed by atoms with van der Waals surface area (Å²) < 4.78 is 13.0. The Morgan fingerprint density at radius 1 is 1.08 bits per heavy atom. The van der Waals surface area contributed by atoms with Crippen molar-refractivity contribution in [1.29, 1.82) is 0 Å². The number of carbonyl (C=O) groups excluding carboxylic acids is 1. The molecule has 0 aliphatic heterocycles. The highest BCUT2D eigenvalue weighted by Gasteiger charge is 2.63. The molecule has 1 aromatic heterocycles. The van der Waals surface area contributed by atoms with E-state index in [2.05, 4.69) is 24.2 Å². The van der Waals surface area contributed by atoms with E-state index in [0.717, 1.165) is 68.3 Å². The van der Waals surface area contributed by atoms with Crippen LogP contribution in [0.5, 0.6) is 5.75 Å². The maximum atomic E-state index is 13.9. The second kappa shape index (κ2) is 9.29. The molecule has 1 N–H and O–H groups in total. The van der Waals surface area contributed by atoms with Gasteiger partial charge in [-0.25, -0.2) is 4.68 Å². The lowest BCUT2D eigenvalue weighted by molar-refractivity contribution is -0.175. The first-order valence-corrected chi connectivity index (χ1v) is 14.7. The molecule has 0 unspecified atom stereocenters. The Morgan fingerprint density at radius 3 is 2.63 bits per heavy atom. The second-order valence-electron chi connectivity index (χ2n) is 13.9. The minimum absolute atomic E-state index is 0.0155. The van der Waals surface area contributed by atoms with Crippen LogP contribution in [0.4, 0.5) is 0 Å². The second-order valence-corrected chi connectivity index (χ2v) is 13.9. The zero-order valence-corrected chi connectivity index (χ0v) is 23.8. The van der Waals surface area contributed by atoms with Crippen LogP contribution in [0, 0.1) is 46.3 Å². The average Bonchev–Trinajstić information content (AvgIpc) is 3.45. The van der Waals surface area contributed by atoms with Gasteiger partial charge < -0.3 is 14.6 Å². The van der Waals surface area contributed by atoms with Gasteiger partial charge in [-0.2, -0.15) is 0 Å². The van der Waals surface area contributed by atoms with Gasteiger partial charge in [0.1, 0.15) is 17.8 Å². The van der Waals surface area contributed by atoms with E-state index in [4.69, 9.17) is 9.47 Å². The fraction of sp³-hybridized carbons (Fsp3) is 0.774. The van der Waals surface area contributed by atoms with Crippen molar-refractivity contribution in [1.82, 2.24) is 15.0 Å². The molecule has 38 heavy (non-hydrogen) atoms. The van der Waals surface area contributed by atoms with Gasteiger partial charge in [-0.05, 0) is 111 Å². The quantitative estimate of drug-likeness (QED) is 0.554. The molecule has 2 aromatic rings. The lowest BCUT2D eigenvalue weighted by atomic mass is 9.42. The van der Waals surface area contributed by atoms with E-state index in [-0.39, 0.29) is 23.3 Å². The third-order valence-corrected chi connectivity index (χ3v) is 11.9. The molecule has 0 spiro atoms. The number of nitrogens with zero attached hydrogens (tertiary/aromatic N) is 3. The molecule has 6 rings (SSSR count). The minimum Gasteiger partial charge on any atom is -0.497 e. The van der Waals surface area contributed by atoms with E-state index < -0.39 is 5.60 Å². The van der Waals surface area contributed by atoms with Crippen molar-refractivity contribution in [3.05, 3.63) is 18.2 Å². The highest BCUT2D eigenvalue weighted by atomic mass is 16.5. The maximum Gasteiger partial charge on any atom is 0.157 e. The van der Waals surface area contributed by atoms with Crippen LogP contribution >= 0.6 is 0 Å². The fourth-order valence-corrected chi connectivity index (χ4v) is 9.96. The first-order valence-electron chi connectivity index (χ1n) is 14.7. The molecule has 4 aliphatic rings. The highest BCUT2D eigenvalue weighted by Crippen LogP contribution is 2.69. The van der Waals surface area contributed by atoms with Crippen molar-refractivity contribution in [2.45, 2.75) is 84.3 Å². The molecule has 208 valence electrons. The van der Waals surface area contributed by atoms with Gasteiger partial charge in [-0.15, -0.1) is 5.10 Å². The van der Waals surface area contributed by atoms with Gasteiger partial charge in [0.05, 0.1) is 18.2 Å². The van der Waals surface area contributed by atoms with Gasteiger partial charge in [-0.3, -0.25) is 4.79 Å². The molecule has 0 bridgehead atoms. The van der Waals surface area contributed by atoms with Crippen LogP contribution in [0.25, 0.3) is 11.0 Å². The number of hydrogen-bond acceptors (Lipinski definition) is 6. The molecule has 4 aliphatic carbocycles. The van der Waals surface area contributed by atoms with E-state index in [0.29, 0.717) is 35.4 Å². The predicted molar refractivity (Wildman–Crippen MR) is 146 cm³/mol. The number of carbonyl (C=O) groups is 1. The van der Waals surface area contributed by atoms with Gasteiger partial charge in [0.25, 0.3) is 0 Å². The lowest BCUT2D eigenvalue weighted by Gasteiger charge is -2.64. The van der Waals surface area contributed by atoms with Crippen LogP contribution in [0.2, 0.25) is 0 Å². The molecule has 0 saturated heterocycles. The van der Waals surface area contributed by atoms with Gasteiger partial charge in [-0.1, -0.05) is 19.1 Å². The van der Waals surface area contributed by atoms with E-state index in [9.17, 15) is 9.90 Å². The Morgan fingerprint density at radius 2 is 1.87 bits per heavy atom. The van der Waals surface area contributed by atoms with Gasteiger partial charge in [0.2, 0.25) is 0 Å². The number of hydrogen-bond donors (Lipinski definition) is 1. The van der Waals surface area contributed by atoms with Gasteiger partial charge >= 0.3 is 0 Å². The minimum atomic E-state index is -0.543. The van der Waals surface area contributed by atoms with E-state index >= 15 is 0 Å². The molecule has 0 amide bonds. The van der Waals surface area contributed by atoms with E-state index in [1.54, 1.807) is 11.8 Å². The molecule has 1 aromatic carbocycles. The summed E-state index contributed by atoms with van der Waals surface area (Å²) in [5.74, 6) is 3.93. The van der Waals surface area contributed by atoms with Gasteiger partial charge in [0.15, 0.2) is 5.78 Å². The summed E-state index contributed by atoms with van der Waals surface area (Å²) in [6, 6.07) is 5.69. The van der Waals surface area contributed by atoms with Crippen molar-refractivity contribution in [3.63, 3.8) is 0 Å². The predicted octanol–water partition coefficient (Wildman–Crippen LogP) is 5.29. The average molecular weight is 524 g/mol. The van der Waals surface area contributed by atoms with Crippen molar-refractivity contribution in [2.75, 3.05) is 20.8 Å². The molecule has 1 heterocycles. The van der Waals surface area contributed by atoms with Crippen LogP contribution in [0.1, 0.15) is 72.1 Å². The van der Waals surface area contributed by atoms with Crippen LogP contribution in [0.15, 0.2) is 18.2 Å². The van der Waals surface area contributed by atoms with Gasteiger partial charge in [0, 0.05) is 25.7 Å². The van der Waals surface area contributed by atoms with Crippen molar-refractivity contribution in [2.24, 2.45) is 46.3 Å². The van der Waals surface area contributed by atoms with Crippen LogP contribution in [-0.4, -0.2) is 52.3 Å². The summed E-state index contributed by atoms with van der Waals surface area (Å²) in [6.45, 7) is 8.02. The summed E-state index contributed by atoms with van der Waals surface area (Å²) in [5, 5.41) is 19.6. The topological polar surface area (TPSA) is 86.5 Å². The largest absolute Gasteiger partial charge is 0.497 e. The molecular weight excluding hydrogens is 478 g/mol. The summed E-state index contributed by atoms with van der Waals surface area (Å²) in [5.41, 5.74) is 1.38. The zero-order valence-electron chi connectivity index (χ0n) is 23.8. The normalized spacial score (nSPS) is 42.4. The molecule has 7 heteroatoms. The van der Waals surface area contributed by atoms with E-state index in [1.165, 1.54) is 6.42 Å². The Labute approximate surface area is 226 Å². The Kier molecular flexibility index (Phi) is 6.42. The third kappa shape index (κ3) is 4.02. The summed E-state index contributed by atoms with van der Waals surface area (Å²) in [7, 11) is 3.48. The third-order valence-electron chi connectivity index (χ3n) is 11.9. The molecule has 4 saturated carbocycles. The SMILES string of the molecule is COC[C@@H]1C[C@H]2C[C@](C)(O)CC[C@]2(C)[C@H]2CC[C@]3(C)[C@@H](C(=O)Cn4nnc5ccc(OC)cc54)CC[C@H]3[C@H]12. The number of ether oxygens (including phenoxy) is 2.